The second kappa shape index (κ2) is 8.88. The van der Waals surface area contributed by atoms with Crippen LogP contribution in [0.15, 0.2) is 24.3 Å². The molecule has 1 aromatic carbocycles. The number of carbonyl (C=O) groups excluding carboxylic acids is 1. The lowest BCUT2D eigenvalue weighted by molar-refractivity contribution is -0.141. The summed E-state index contributed by atoms with van der Waals surface area (Å²) in [6.07, 6.45) is 4.03. The number of aliphatic hydroxyl groups is 1. The van der Waals surface area contributed by atoms with Crippen LogP contribution in [0.1, 0.15) is 44.1 Å². The van der Waals surface area contributed by atoms with Gasteiger partial charge >= 0.3 is 0 Å². The van der Waals surface area contributed by atoms with Crippen LogP contribution in [0.3, 0.4) is 0 Å². The normalized spacial score (nSPS) is 24.8. The van der Waals surface area contributed by atoms with Crippen LogP contribution >= 0.6 is 0 Å². The zero-order chi connectivity index (χ0) is 20.3. The Morgan fingerprint density at radius 1 is 1.14 bits per heavy atom. The molecule has 0 spiro atoms. The zero-order valence-electron chi connectivity index (χ0n) is 16.3. The van der Waals surface area contributed by atoms with Gasteiger partial charge in [0.25, 0.3) is 0 Å². The number of hydrogen-bond acceptors (Lipinski definition) is 4. The van der Waals surface area contributed by atoms with Crippen molar-refractivity contribution in [2.75, 3.05) is 20.1 Å². The molecule has 0 unspecified atom stereocenters. The summed E-state index contributed by atoms with van der Waals surface area (Å²) in [6.45, 7) is 0.613. The van der Waals surface area contributed by atoms with Gasteiger partial charge in [0.2, 0.25) is 15.9 Å². The number of hydrogen-bond donors (Lipinski definition) is 1. The summed E-state index contributed by atoms with van der Waals surface area (Å²) in [5.41, 5.74) is 0.547. The van der Waals surface area contributed by atoms with E-state index in [1.54, 1.807) is 11.9 Å². The second-order valence-electron chi connectivity index (χ2n) is 7.92. The number of piperidine rings is 1. The lowest BCUT2D eigenvalue weighted by atomic mass is 9.89. The summed E-state index contributed by atoms with van der Waals surface area (Å²) in [5.74, 6) is -0.773. The molecular formula is C20H29FN2O4S. The SMILES string of the molecule is CN(C(=O)C1CCN(S(=O)(=O)Cc2ccc(F)cc2)CC1)[C@@H]1CCCC[C@H]1O. The van der Waals surface area contributed by atoms with E-state index in [1.165, 1.54) is 28.6 Å². The molecule has 28 heavy (non-hydrogen) atoms. The molecule has 1 aromatic rings. The number of carbonyl (C=O) groups is 1. The quantitative estimate of drug-likeness (QED) is 0.804. The van der Waals surface area contributed by atoms with Crippen molar-refractivity contribution >= 4 is 15.9 Å². The van der Waals surface area contributed by atoms with Gasteiger partial charge in [-0.05, 0) is 43.4 Å². The Bertz CT molecular complexity index is 776. The number of rotatable bonds is 5. The first-order valence-electron chi connectivity index (χ1n) is 9.95. The van der Waals surface area contributed by atoms with Gasteiger partial charge in [-0.15, -0.1) is 0 Å². The average Bonchev–Trinajstić information content (AvgIpc) is 2.69. The number of sulfonamides is 1. The fraction of sp³-hybridized carbons (Fsp3) is 0.650. The Labute approximate surface area is 166 Å². The molecule has 1 saturated heterocycles. The smallest absolute Gasteiger partial charge is 0.225 e. The highest BCUT2D eigenvalue weighted by Gasteiger charge is 2.36. The van der Waals surface area contributed by atoms with Crippen LogP contribution in [-0.4, -0.2) is 60.9 Å². The van der Waals surface area contributed by atoms with Gasteiger partial charge in [-0.3, -0.25) is 4.79 Å². The van der Waals surface area contributed by atoms with E-state index in [1.807, 2.05) is 0 Å². The summed E-state index contributed by atoms with van der Waals surface area (Å²) < 4.78 is 39.7. The third-order valence-corrected chi connectivity index (χ3v) is 7.85. The van der Waals surface area contributed by atoms with Crippen LogP contribution in [0.2, 0.25) is 0 Å². The van der Waals surface area contributed by atoms with Crippen molar-refractivity contribution < 1.29 is 22.7 Å². The fourth-order valence-electron chi connectivity index (χ4n) is 4.26. The molecule has 1 aliphatic carbocycles. The predicted molar refractivity (Wildman–Crippen MR) is 104 cm³/mol. The van der Waals surface area contributed by atoms with Crippen LogP contribution < -0.4 is 0 Å². The van der Waals surface area contributed by atoms with Crippen molar-refractivity contribution in [1.82, 2.24) is 9.21 Å². The first kappa shape index (κ1) is 21.2. The average molecular weight is 413 g/mol. The van der Waals surface area contributed by atoms with E-state index in [-0.39, 0.29) is 23.6 Å². The number of amides is 1. The molecule has 1 saturated carbocycles. The van der Waals surface area contributed by atoms with Crippen LogP contribution in [0, 0.1) is 11.7 Å². The largest absolute Gasteiger partial charge is 0.391 e. The summed E-state index contributed by atoms with van der Waals surface area (Å²) in [5, 5.41) is 10.2. The summed E-state index contributed by atoms with van der Waals surface area (Å²) >= 11 is 0. The number of benzene rings is 1. The minimum Gasteiger partial charge on any atom is -0.391 e. The van der Waals surface area contributed by atoms with Gasteiger partial charge in [-0.25, -0.2) is 17.1 Å². The van der Waals surface area contributed by atoms with Gasteiger partial charge in [0, 0.05) is 26.1 Å². The predicted octanol–water partition coefficient (Wildman–Crippen LogP) is 2.13. The highest BCUT2D eigenvalue weighted by molar-refractivity contribution is 7.88. The van der Waals surface area contributed by atoms with Crippen LogP contribution in [0.5, 0.6) is 0 Å². The number of nitrogens with zero attached hydrogens (tertiary/aromatic N) is 2. The number of likely N-dealkylation sites (N-methyl/N-ethyl adjacent to an activating group) is 1. The summed E-state index contributed by atoms with van der Waals surface area (Å²) in [7, 11) is -1.75. The topological polar surface area (TPSA) is 77.9 Å². The molecule has 0 radical (unpaired) electrons. The van der Waals surface area contributed by atoms with E-state index in [4.69, 9.17) is 0 Å². The van der Waals surface area contributed by atoms with E-state index in [9.17, 15) is 22.7 Å². The molecule has 3 rings (SSSR count). The number of halogens is 1. The Kier molecular flexibility index (Phi) is 6.73. The first-order valence-corrected chi connectivity index (χ1v) is 11.6. The van der Waals surface area contributed by atoms with Crippen molar-refractivity contribution in [3.63, 3.8) is 0 Å². The van der Waals surface area contributed by atoms with Crippen molar-refractivity contribution in [2.45, 2.75) is 56.4 Å². The summed E-state index contributed by atoms with van der Waals surface area (Å²) in [6, 6.07) is 5.33. The minimum atomic E-state index is -3.50. The highest BCUT2D eigenvalue weighted by Crippen LogP contribution is 2.27. The lowest BCUT2D eigenvalue weighted by Gasteiger charge is -2.38. The number of aliphatic hydroxyl groups excluding tert-OH is 1. The standard InChI is InChI=1S/C20H29FN2O4S/c1-22(18-4-2-3-5-19(18)24)20(25)16-10-12-23(13-11-16)28(26,27)14-15-6-8-17(21)9-7-15/h6-9,16,18-19,24H,2-5,10-14H2,1H3/t18-,19-/m1/s1. The maximum atomic E-state index is 13.0. The lowest BCUT2D eigenvalue weighted by Crippen LogP contribution is -2.50. The molecule has 1 amide bonds. The third kappa shape index (κ3) is 4.90. The van der Waals surface area contributed by atoms with Gasteiger partial charge in [-0.2, -0.15) is 0 Å². The van der Waals surface area contributed by atoms with E-state index < -0.39 is 21.9 Å². The molecule has 8 heteroatoms. The Morgan fingerprint density at radius 2 is 1.75 bits per heavy atom. The van der Waals surface area contributed by atoms with Crippen molar-refractivity contribution in [3.05, 3.63) is 35.6 Å². The summed E-state index contributed by atoms with van der Waals surface area (Å²) in [4.78, 5) is 14.5. The molecule has 2 aliphatic rings. The van der Waals surface area contributed by atoms with Gasteiger partial charge in [0.05, 0.1) is 17.9 Å². The molecule has 2 fully saturated rings. The Balaban J connectivity index is 1.55. The second-order valence-corrected chi connectivity index (χ2v) is 9.89. The highest BCUT2D eigenvalue weighted by atomic mass is 32.2. The Hall–Kier alpha value is -1.51. The van der Waals surface area contributed by atoms with E-state index in [0.717, 1.165) is 25.7 Å². The van der Waals surface area contributed by atoms with Gasteiger partial charge in [0.15, 0.2) is 0 Å². The van der Waals surface area contributed by atoms with Crippen molar-refractivity contribution in [2.24, 2.45) is 5.92 Å². The molecule has 1 aliphatic heterocycles. The molecule has 156 valence electrons. The monoisotopic (exact) mass is 412 g/mol. The fourth-order valence-corrected chi connectivity index (χ4v) is 5.82. The van der Waals surface area contributed by atoms with Crippen molar-refractivity contribution in [3.8, 4) is 0 Å². The van der Waals surface area contributed by atoms with E-state index in [2.05, 4.69) is 0 Å². The molecular weight excluding hydrogens is 383 g/mol. The maximum absolute atomic E-state index is 13.0. The van der Waals surface area contributed by atoms with Crippen LogP contribution in [0.4, 0.5) is 4.39 Å². The van der Waals surface area contributed by atoms with E-state index in [0.29, 0.717) is 31.5 Å². The van der Waals surface area contributed by atoms with E-state index >= 15 is 0 Å². The van der Waals surface area contributed by atoms with Crippen LogP contribution in [0.25, 0.3) is 0 Å². The molecule has 1 N–H and O–H groups in total. The third-order valence-electron chi connectivity index (χ3n) is 6.00. The van der Waals surface area contributed by atoms with Gasteiger partial charge in [0.1, 0.15) is 5.82 Å². The molecule has 6 nitrogen and oxygen atoms in total. The first-order chi connectivity index (χ1) is 13.3. The van der Waals surface area contributed by atoms with Gasteiger partial charge < -0.3 is 10.0 Å². The van der Waals surface area contributed by atoms with Crippen LogP contribution in [-0.2, 0) is 20.6 Å². The minimum absolute atomic E-state index is 0.00142. The Morgan fingerprint density at radius 3 is 2.36 bits per heavy atom. The molecule has 0 aromatic heterocycles. The molecule has 1 heterocycles. The molecule has 2 atom stereocenters. The zero-order valence-corrected chi connectivity index (χ0v) is 17.1. The van der Waals surface area contributed by atoms with Gasteiger partial charge in [-0.1, -0.05) is 25.0 Å². The maximum Gasteiger partial charge on any atom is 0.225 e. The molecule has 0 bridgehead atoms. The van der Waals surface area contributed by atoms with Crippen molar-refractivity contribution in [1.29, 1.82) is 0 Å².